The molecule has 374 valence electrons. The number of ether oxygens (including phenoxy) is 4. The summed E-state index contributed by atoms with van der Waals surface area (Å²) in [5, 5.41) is 22.0. The number of carbonyl (C=O) groups is 4. The first-order valence-corrected chi connectivity index (χ1v) is 23.1. The molecule has 4 aromatic rings. The van der Waals surface area contributed by atoms with Crippen LogP contribution in [0, 0.1) is 11.6 Å². The summed E-state index contributed by atoms with van der Waals surface area (Å²) in [5.41, 5.74) is 0.0806. The Labute approximate surface area is 406 Å². The Balaban J connectivity index is 0.000000229. The summed E-state index contributed by atoms with van der Waals surface area (Å²) in [7, 11) is 6.65. The van der Waals surface area contributed by atoms with Gasteiger partial charge in [0.05, 0.1) is 62.6 Å². The summed E-state index contributed by atoms with van der Waals surface area (Å²) in [6.45, 7) is 9.79. The van der Waals surface area contributed by atoms with Gasteiger partial charge in [0.1, 0.15) is 22.5 Å². The van der Waals surface area contributed by atoms with Crippen molar-refractivity contribution in [3.8, 4) is 11.5 Å². The molecule has 7 rings (SSSR count). The smallest absolute Gasteiger partial charge is 0.386 e. The van der Waals surface area contributed by atoms with Crippen LogP contribution in [0.2, 0.25) is 13.6 Å². The molecule has 1 aliphatic heterocycles. The van der Waals surface area contributed by atoms with Crippen LogP contribution in [0.4, 0.5) is 20.2 Å². The molecule has 2 aromatic heterocycles. The number of benzene rings is 2. The van der Waals surface area contributed by atoms with Gasteiger partial charge in [0.2, 0.25) is 10.9 Å². The Kier molecular flexibility index (Phi) is 20.0. The zero-order chi connectivity index (χ0) is 51.4. The van der Waals surface area contributed by atoms with E-state index in [1.54, 1.807) is 33.0 Å². The van der Waals surface area contributed by atoms with E-state index in [0.717, 1.165) is 44.6 Å². The molecule has 0 spiro atoms. The Bertz CT molecular complexity index is 2600. The zero-order valence-corrected chi connectivity index (χ0v) is 40.8. The van der Waals surface area contributed by atoms with E-state index in [2.05, 4.69) is 10.7 Å². The lowest BCUT2D eigenvalue weighted by molar-refractivity contribution is 0.0589. The molecule has 70 heavy (non-hydrogen) atoms. The van der Waals surface area contributed by atoms with E-state index in [0.29, 0.717) is 74.1 Å². The van der Waals surface area contributed by atoms with Crippen LogP contribution < -0.4 is 40.8 Å². The van der Waals surface area contributed by atoms with Crippen LogP contribution in [0.15, 0.2) is 34.1 Å². The molecular weight excluding hydrogens is 914 g/mol. The van der Waals surface area contributed by atoms with Gasteiger partial charge in [0, 0.05) is 63.7 Å². The van der Waals surface area contributed by atoms with Crippen molar-refractivity contribution in [2.24, 2.45) is 0 Å². The summed E-state index contributed by atoms with van der Waals surface area (Å²) >= 11 is 0. The molecule has 0 atom stereocenters. The standard InChI is InChI=1S/C21H23B2FN4O6.C21H27FN2O4.C2H10B2N2O2/c1-33-20-17-14(19(31)15(21(32)34-2)10-26(17)13-3-4-13)9-16(24)18(20)25-5-7-27(22-11-29)28(8-6-25)23-12-30;1-5-9-23(10-6-2)18-16(22)11-14-17(20(18)27-3)24(13-7-8-13)12-15(19(14)25)21(26)28-4;1-3(7)5-6-4(2)8/h9-13H,3-8H2,1-2H3;11-13H,5-10H2,1-4H3;5-8H,1-2H3. The predicted molar refractivity (Wildman–Crippen MR) is 266 cm³/mol. The van der Waals surface area contributed by atoms with Crippen LogP contribution in [-0.2, 0) is 19.1 Å². The number of anilines is 2. The summed E-state index contributed by atoms with van der Waals surface area (Å²) in [6.07, 6.45) is 9.51. The SMILES string of the molecule is CB(O)NNB(C)O.CCCN(CCC)c1c(F)cc2c(=O)c(C(=O)OC)cn(C3CC3)c2c1OC.COC(=O)c1cn(C2CC2)c2c(OC)c(N3CCN([B]C=O)N([B]C=O)CC3)c(F)cc2c1=O. The van der Waals surface area contributed by atoms with E-state index in [9.17, 15) is 28.8 Å². The number of esters is 2. The van der Waals surface area contributed by atoms with Crippen LogP contribution in [-0.4, -0.2) is 150 Å². The number of carbonyl (C=O) groups excluding carboxylic acids is 4. The largest absolute Gasteiger partial charge is 0.492 e. The average Bonchev–Trinajstić information content (AvgIpc) is 4.27. The molecule has 20 nitrogen and oxygen atoms in total. The van der Waals surface area contributed by atoms with Crippen molar-refractivity contribution >= 4 is 86.4 Å². The maximum absolute atomic E-state index is 15.6. The van der Waals surface area contributed by atoms with E-state index < -0.39 is 48.5 Å². The number of hydrogen-bond acceptors (Lipinski definition) is 18. The minimum Gasteiger partial charge on any atom is -0.492 e. The van der Waals surface area contributed by atoms with Crippen molar-refractivity contribution in [3.05, 3.63) is 67.7 Å². The number of rotatable bonds is 19. The summed E-state index contributed by atoms with van der Waals surface area (Å²) < 4.78 is 55.3. The quantitative estimate of drug-likeness (QED) is 0.0458. The Morgan fingerprint density at radius 1 is 0.729 bits per heavy atom. The van der Waals surface area contributed by atoms with E-state index in [1.165, 1.54) is 61.7 Å². The summed E-state index contributed by atoms with van der Waals surface area (Å²) in [5.74, 6) is -2.16. The molecule has 2 saturated carbocycles. The second kappa shape index (κ2) is 25.4. The fraction of sp³-hybridized carbons (Fsp3) is 0.500. The third-order valence-electron chi connectivity index (χ3n) is 11.6. The second-order valence-electron chi connectivity index (χ2n) is 16.8. The molecule has 2 radical (unpaired) electrons. The second-order valence-corrected chi connectivity index (χ2v) is 16.8. The number of nitrogens with zero attached hydrogens (tertiary/aromatic N) is 6. The topological polar surface area (TPSA) is 227 Å². The maximum atomic E-state index is 15.6. The monoisotopic (exact) mass is 974 g/mol. The first-order valence-electron chi connectivity index (χ1n) is 23.1. The number of hydrazine groups is 2. The minimum atomic E-state index is -0.782. The molecular formula is C44H60B4F2N8O12. The number of fused-ring (bicyclic) bond motifs is 2. The molecule has 1 saturated heterocycles. The lowest BCUT2D eigenvalue weighted by Crippen LogP contribution is -2.49. The lowest BCUT2D eigenvalue weighted by atomic mass is 9.87. The lowest BCUT2D eigenvalue weighted by Gasteiger charge is -2.29. The molecule has 4 N–H and O–H groups in total. The van der Waals surface area contributed by atoms with Crippen LogP contribution in [0.3, 0.4) is 0 Å². The zero-order valence-electron chi connectivity index (χ0n) is 40.8. The number of methoxy groups -OCH3 is 4. The predicted octanol–water partition coefficient (Wildman–Crippen LogP) is 2.43. The third-order valence-corrected chi connectivity index (χ3v) is 11.6. The first kappa shape index (κ1) is 55.2. The Hall–Kier alpha value is -5.78. The van der Waals surface area contributed by atoms with Crippen molar-refractivity contribution in [1.29, 1.82) is 0 Å². The fourth-order valence-electron chi connectivity index (χ4n) is 8.27. The molecule has 0 amide bonds. The van der Waals surface area contributed by atoms with Gasteiger partial charge in [-0.05, 0) is 64.3 Å². The summed E-state index contributed by atoms with van der Waals surface area (Å²) in [4.78, 5) is 79.3. The van der Waals surface area contributed by atoms with Crippen LogP contribution >= 0.6 is 0 Å². The molecule has 26 heteroatoms. The van der Waals surface area contributed by atoms with E-state index in [4.69, 9.17) is 29.0 Å². The normalized spacial score (nSPS) is 14.8. The summed E-state index contributed by atoms with van der Waals surface area (Å²) in [6, 6.07) is 2.58. The van der Waals surface area contributed by atoms with Crippen LogP contribution in [0.25, 0.3) is 21.8 Å². The van der Waals surface area contributed by atoms with Crippen molar-refractivity contribution in [2.45, 2.75) is 78.1 Å². The number of hydrogen-bond donors (Lipinski definition) is 4. The van der Waals surface area contributed by atoms with Gasteiger partial charge in [0.15, 0.2) is 23.1 Å². The first-order chi connectivity index (χ1) is 33.5. The molecule has 2 aromatic carbocycles. The Morgan fingerprint density at radius 2 is 1.14 bits per heavy atom. The maximum Gasteiger partial charge on any atom is 0.386 e. The van der Waals surface area contributed by atoms with Crippen molar-refractivity contribution in [3.63, 3.8) is 0 Å². The van der Waals surface area contributed by atoms with Gasteiger partial charge in [-0.1, -0.05) is 13.8 Å². The molecule has 0 unspecified atom stereocenters. The molecule has 3 heterocycles. The van der Waals surface area contributed by atoms with Gasteiger partial charge in [-0.15, -0.1) is 0 Å². The van der Waals surface area contributed by atoms with E-state index in [-0.39, 0.29) is 45.4 Å². The minimum absolute atomic E-state index is 0.0366. The van der Waals surface area contributed by atoms with Crippen LogP contribution in [0.5, 0.6) is 11.5 Å². The highest BCUT2D eigenvalue weighted by Gasteiger charge is 2.34. The van der Waals surface area contributed by atoms with Gasteiger partial charge < -0.3 is 57.5 Å². The third kappa shape index (κ3) is 12.8. The number of aromatic nitrogens is 2. The van der Waals surface area contributed by atoms with Crippen molar-refractivity contribution in [1.82, 2.24) is 29.6 Å². The van der Waals surface area contributed by atoms with Gasteiger partial charge in [-0.3, -0.25) is 30.1 Å². The molecule has 3 fully saturated rings. The van der Waals surface area contributed by atoms with Gasteiger partial charge >= 0.3 is 40.9 Å². The molecule has 2 aliphatic carbocycles. The number of halogens is 2. The Morgan fingerprint density at radius 3 is 1.50 bits per heavy atom. The van der Waals surface area contributed by atoms with E-state index in [1.807, 2.05) is 23.3 Å². The highest BCUT2D eigenvalue weighted by Crippen LogP contribution is 2.45. The average molecular weight is 974 g/mol. The van der Waals surface area contributed by atoms with Crippen molar-refractivity contribution < 1.29 is 57.0 Å². The van der Waals surface area contributed by atoms with E-state index >= 15 is 8.78 Å². The van der Waals surface area contributed by atoms with Gasteiger partial charge in [-0.2, -0.15) is 0 Å². The fourth-order valence-corrected chi connectivity index (χ4v) is 8.27. The number of pyridine rings is 2. The molecule has 0 bridgehead atoms. The van der Waals surface area contributed by atoms with Crippen molar-refractivity contribution in [2.75, 3.05) is 77.5 Å². The number of nitrogens with one attached hydrogen (secondary N) is 2. The highest BCUT2D eigenvalue weighted by molar-refractivity contribution is 6.67. The van der Waals surface area contributed by atoms with Crippen LogP contribution in [0.1, 0.15) is 85.2 Å². The van der Waals surface area contributed by atoms with Gasteiger partial charge in [0.25, 0.3) is 0 Å². The van der Waals surface area contributed by atoms with Gasteiger partial charge in [-0.25, -0.2) is 18.4 Å². The molecule has 3 aliphatic rings. The highest BCUT2D eigenvalue weighted by atomic mass is 19.1.